The maximum Gasteiger partial charge on any atom is 0.328 e. The molecule has 1 rings (SSSR count). The third-order valence-electron chi connectivity index (χ3n) is 3.03. The Morgan fingerprint density at radius 3 is 2.44 bits per heavy atom. The lowest BCUT2D eigenvalue weighted by molar-refractivity contribution is -0.141. The molecule has 0 aliphatic rings. The Hall–Kier alpha value is -2.77. The van der Waals surface area contributed by atoms with Gasteiger partial charge in [-0.05, 0) is 6.92 Å². The van der Waals surface area contributed by atoms with Gasteiger partial charge in [0, 0.05) is 0 Å². The van der Waals surface area contributed by atoms with Crippen LogP contribution in [0, 0.1) is 0 Å². The monoisotopic (exact) mass is 360 g/mol. The van der Waals surface area contributed by atoms with Gasteiger partial charge in [0.05, 0.1) is 19.1 Å². The fraction of sp³-hybridized carbons (Fsp3) is 0.583. The summed E-state index contributed by atoms with van der Waals surface area (Å²) in [7, 11) is 0. The Morgan fingerprint density at radius 2 is 1.96 bits per heavy atom. The number of carboxylic acid groups (broad SMARTS) is 1. The summed E-state index contributed by atoms with van der Waals surface area (Å²) < 4.78 is 4.81. The Balaban J connectivity index is 2.89. The number of aromatic nitrogens is 2. The molecule has 0 fully saturated rings. The van der Waals surface area contributed by atoms with Gasteiger partial charge in [0.2, 0.25) is 11.8 Å². The van der Waals surface area contributed by atoms with Crippen molar-refractivity contribution < 1.29 is 34.2 Å². The Morgan fingerprint density at radius 1 is 1.32 bits per heavy atom. The number of carbonyl (C=O) groups is 3. The molecule has 9 N–H and O–H groups in total. The molecule has 0 aliphatic carbocycles. The first kappa shape index (κ1) is 20.3. The number of nitrogens with one attached hydrogen (secondary N) is 2. The molecule has 0 aromatic carbocycles. The van der Waals surface area contributed by atoms with Crippen molar-refractivity contribution in [3.05, 3.63) is 11.7 Å². The summed E-state index contributed by atoms with van der Waals surface area (Å²) in [4.78, 5) is 37.9. The molecule has 0 spiro atoms. The summed E-state index contributed by atoms with van der Waals surface area (Å²) in [5, 5.41) is 35.1. The number of rotatable bonds is 9. The normalized spacial score (nSPS) is 15.7. The van der Waals surface area contributed by atoms with Crippen LogP contribution in [0.25, 0.3) is 0 Å². The summed E-state index contributed by atoms with van der Waals surface area (Å²) in [6.45, 7) is 0.715. The SMILES string of the molecule is CC(O)[C@H](NC(=O)N[C@@H](CC(N)=O)c1noc([C@@H](N)CO)n1)C(=O)O. The maximum absolute atomic E-state index is 11.9. The zero-order valence-corrected chi connectivity index (χ0v) is 13.2. The topological polar surface area (TPSA) is 227 Å². The number of carboxylic acids is 1. The van der Waals surface area contributed by atoms with Gasteiger partial charge in [0.15, 0.2) is 11.9 Å². The molecule has 1 aromatic heterocycles. The highest BCUT2D eigenvalue weighted by Crippen LogP contribution is 2.16. The van der Waals surface area contributed by atoms with Crippen molar-refractivity contribution in [2.75, 3.05) is 6.61 Å². The summed E-state index contributed by atoms with van der Waals surface area (Å²) in [6.07, 6.45) is -1.77. The minimum Gasteiger partial charge on any atom is -0.480 e. The first-order valence-corrected chi connectivity index (χ1v) is 7.11. The minimum atomic E-state index is -1.57. The number of amides is 3. The number of hydrogen-bond acceptors (Lipinski definition) is 9. The van der Waals surface area contributed by atoms with Crippen molar-refractivity contribution in [1.29, 1.82) is 0 Å². The first-order chi connectivity index (χ1) is 11.6. The summed E-state index contributed by atoms with van der Waals surface area (Å²) in [5.74, 6) is -2.51. The van der Waals surface area contributed by atoms with E-state index in [4.69, 9.17) is 26.2 Å². The summed E-state index contributed by atoms with van der Waals surface area (Å²) in [5.41, 5.74) is 10.6. The predicted molar refractivity (Wildman–Crippen MR) is 79.6 cm³/mol. The number of hydrogen-bond donors (Lipinski definition) is 7. The molecule has 4 atom stereocenters. The van der Waals surface area contributed by atoms with Crippen molar-refractivity contribution >= 4 is 17.9 Å². The number of nitrogens with two attached hydrogens (primary N) is 2. The van der Waals surface area contributed by atoms with Gasteiger partial charge in [-0.15, -0.1) is 0 Å². The van der Waals surface area contributed by atoms with E-state index in [9.17, 15) is 19.5 Å². The van der Waals surface area contributed by atoms with Gasteiger partial charge in [-0.25, -0.2) is 9.59 Å². The van der Waals surface area contributed by atoms with Crippen LogP contribution in [0.3, 0.4) is 0 Å². The van der Waals surface area contributed by atoms with Crippen LogP contribution in [0.5, 0.6) is 0 Å². The van der Waals surface area contributed by atoms with Crippen LogP contribution in [-0.2, 0) is 9.59 Å². The molecule has 13 heteroatoms. The van der Waals surface area contributed by atoms with Crippen LogP contribution in [0.2, 0.25) is 0 Å². The van der Waals surface area contributed by atoms with Crippen molar-refractivity contribution in [3.8, 4) is 0 Å². The first-order valence-electron chi connectivity index (χ1n) is 7.11. The third-order valence-corrected chi connectivity index (χ3v) is 3.03. The molecule has 0 radical (unpaired) electrons. The van der Waals surface area contributed by atoms with E-state index >= 15 is 0 Å². The van der Waals surface area contributed by atoms with Crippen LogP contribution >= 0.6 is 0 Å². The van der Waals surface area contributed by atoms with E-state index in [1.165, 1.54) is 6.92 Å². The number of nitrogens with zero attached hydrogens (tertiary/aromatic N) is 2. The number of aliphatic hydroxyl groups is 2. The predicted octanol–water partition coefficient (Wildman–Crippen LogP) is -2.89. The lowest BCUT2D eigenvalue weighted by Gasteiger charge is -2.20. The highest BCUT2D eigenvalue weighted by atomic mass is 16.5. The number of primary amides is 1. The fourth-order valence-corrected chi connectivity index (χ4v) is 1.76. The van der Waals surface area contributed by atoms with E-state index < -0.39 is 55.2 Å². The molecule has 3 amide bonds. The van der Waals surface area contributed by atoms with Crippen LogP contribution in [0.1, 0.15) is 37.1 Å². The Bertz CT molecular complexity index is 619. The molecule has 140 valence electrons. The Labute approximate surface area is 141 Å². The van der Waals surface area contributed by atoms with Crippen molar-refractivity contribution in [2.24, 2.45) is 11.5 Å². The molecular weight excluding hydrogens is 340 g/mol. The summed E-state index contributed by atoms with van der Waals surface area (Å²) >= 11 is 0. The highest BCUT2D eigenvalue weighted by Gasteiger charge is 2.28. The standard InChI is InChI=1S/C12H20N6O7/c1-4(20)8(11(22)23)16-12(24)15-6(2-7(14)21)9-17-10(25-18-9)5(13)3-19/h4-6,8,19-20H,2-3,13H2,1H3,(H2,14,21)(H,22,23)(H2,15,16,24)/t4?,5-,6-,8-/m0/s1. The highest BCUT2D eigenvalue weighted by molar-refractivity contribution is 5.83. The number of urea groups is 1. The van der Waals surface area contributed by atoms with E-state index in [2.05, 4.69) is 15.5 Å². The van der Waals surface area contributed by atoms with Crippen LogP contribution in [0.4, 0.5) is 4.79 Å². The zero-order chi connectivity index (χ0) is 19.1. The van der Waals surface area contributed by atoms with Gasteiger partial charge < -0.3 is 41.9 Å². The molecule has 0 saturated heterocycles. The second-order valence-electron chi connectivity index (χ2n) is 5.18. The molecule has 25 heavy (non-hydrogen) atoms. The molecule has 1 unspecified atom stereocenters. The summed E-state index contributed by atoms with van der Waals surface area (Å²) in [6, 6.07) is -4.66. The molecule has 0 aliphatic heterocycles. The van der Waals surface area contributed by atoms with Crippen molar-refractivity contribution in [3.63, 3.8) is 0 Å². The van der Waals surface area contributed by atoms with E-state index in [-0.39, 0.29) is 11.7 Å². The maximum atomic E-state index is 11.9. The Kier molecular flexibility index (Phi) is 7.22. The van der Waals surface area contributed by atoms with Gasteiger partial charge >= 0.3 is 12.0 Å². The van der Waals surface area contributed by atoms with Crippen molar-refractivity contribution in [1.82, 2.24) is 20.8 Å². The van der Waals surface area contributed by atoms with Crippen LogP contribution in [-0.4, -0.2) is 62.1 Å². The fourth-order valence-electron chi connectivity index (χ4n) is 1.76. The van der Waals surface area contributed by atoms with Gasteiger partial charge in [-0.2, -0.15) is 4.98 Å². The minimum absolute atomic E-state index is 0.124. The van der Waals surface area contributed by atoms with Gasteiger partial charge in [-0.3, -0.25) is 4.79 Å². The van der Waals surface area contributed by atoms with Gasteiger partial charge in [0.25, 0.3) is 0 Å². The molecule has 0 saturated carbocycles. The third kappa shape index (κ3) is 5.98. The second-order valence-corrected chi connectivity index (χ2v) is 5.18. The largest absolute Gasteiger partial charge is 0.480 e. The van der Waals surface area contributed by atoms with Gasteiger partial charge in [-0.1, -0.05) is 5.16 Å². The van der Waals surface area contributed by atoms with E-state index in [0.717, 1.165) is 0 Å². The molecule has 0 bridgehead atoms. The lowest BCUT2D eigenvalue weighted by atomic mass is 10.1. The number of aliphatic hydroxyl groups excluding tert-OH is 2. The second kappa shape index (κ2) is 8.91. The van der Waals surface area contributed by atoms with Crippen molar-refractivity contribution in [2.45, 2.75) is 37.6 Å². The number of aliphatic carboxylic acids is 1. The molecule has 1 heterocycles. The van der Waals surface area contributed by atoms with Gasteiger partial charge in [0.1, 0.15) is 12.1 Å². The van der Waals surface area contributed by atoms with Crippen LogP contribution < -0.4 is 22.1 Å². The van der Waals surface area contributed by atoms with E-state index in [1.54, 1.807) is 0 Å². The van der Waals surface area contributed by atoms with E-state index in [1.807, 2.05) is 5.32 Å². The molecular formula is C12H20N6O7. The quantitative estimate of drug-likeness (QED) is 0.238. The zero-order valence-electron chi connectivity index (χ0n) is 13.2. The molecule has 13 nitrogen and oxygen atoms in total. The smallest absolute Gasteiger partial charge is 0.328 e. The average Bonchev–Trinajstić information content (AvgIpc) is 3.00. The molecule has 1 aromatic rings. The van der Waals surface area contributed by atoms with Crippen LogP contribution in [0.15, 0.2) is 4.52 Å². The lowest BCUT2D eigenvalue weighted by Crippen LogP contribution is -2.52. The average molecular weight is 360 g/mol. The van der Waals surface area contributed by atoms with E-state index in [0.29, 0.717) is 0 Å². The number of carbonyl (C=O) groups excluding carboxylic acids is 2.